The maximum Gasteiger partial charge on any atom is 0.263 e. The maximum absolute atomic E-state index is 13.2. The van der Waals surface area contributed by atoms with Gasteiger partial charge in [-0.2, -0.15) is 0 Å². The van der Waals surface area contributed by atoms with Gasteiger partial charge in [-0.1, -0.05) is 12.1 Å². The van der Waals surface area contributed by atoms with Crippen LogP contribution in [-0.2, 0) is 6.54 Å². The predicted octanol–water partition coefficient (Wildman–Crippen LogP) is 4.97. The number of hydrogen-bond donors (Lipinski definition) is 0. The highest BCUT2D eigenvalue weighted by atomic mass is 79.9. The molecule has 3 heterocycles. The molecule has 0 atom stereocenters. The monoisotopic (exact) mass is 448 g/mol. The Morgan fingerprint density at radius 3 is 2.65 bits per heavy atom. The van der Waals surface area contributed by atoms with E-state index in [9.17, 15) is 14.0 Å². The van der Waals surface area contributed by atoms with Crippen LogP contribution in [0, 0.1) is 5.82 Å². The number of carbonyl (C=O) groups excluding carboxylic acids is 1. The van der Waals surface area contributed by atoms with Crippen LogP contribution >= 0.6 is 38.6 Å². The molecule has 1 aromatic carbocycles. The number of benzene rings is 1. The first-order chi connectivity index (χ1) is 12.5. The summed E-state index contributed by atoms with van der Waals surface area (Å²) in [7, 11) is 0. The third kappa shape index (κ3) is 3.15. The lowest BCUT2D eigenvalue weighted by Gasteiger charge is -2.05. The van der Waals surface area contributed by atoms with Crippen molar-refractivity contribution in [1.29, 1.82) is 0 Å². The number of fused-ring (bicyclic) bond motifs is 1. The molecule has 0 aliphatic carbocycles. The average molecular weight is 449 g/mol. The van der Waals surface area contributed by atoms with Gasteiger partial charge in [0.05, 0.1) is 26.9 Å². The van der Waals surface area contributed by atoms with Gasteiger partial charge in [-0.25, -0.2) is 9.37 Å². The van der Waals surface area contributed by atoms with E-state index in [1.165, 1.54) is 45.7 Å². The van der Waals surface area contributed by atoms with E-state index in [2.05, 4.69) is 20.9 Å². The summed E-state index contributed by atoms with van der Waals surface area (Å²) in [5.41, 5.74) is 1.16. The first-order valence-electron chi connectivity index (χ1n) is 7.54. The molecule has 0 amide bonds. The number of aromatic nitrogens is 2. The zero-order valence-electron chi connectivity index (χ0n) is 13.1. The number of Topliss-reactive ketones (excluding diaryl/α,β-unsaturated/α-hetero) is 1. The predicted molar refractivity (Wildman–Crippen MR) is 106 cm³/mol. The largest absolute Gasteiger partial charge is 0.291 e. The summed E-state index contributed by atoms with van der Waals surface area (Å²) in [4.78, 5) is 30.8. The highest BCUT2D eigenvalue weighted by Gasteiger charge is 2.16. The Hall–Kier alpha value is -2.16. The van der Waals surface area contributed by atoms with Gasteiger partial charge in [0.1, 0.15) is 10.6 Å². The summed E-state index contributed by atoms with van der Waals surface area (Å²) in [5, 5.41) is 2.28. The smallest absolute Gasteiger partial charge is 0.263 e. The Balaban J connectivity index is 1.77. The van der Waals surface area contributed by atoms with Crippen LogP contribution in [0.15, 0.2) is 56.7 Å². The van der Waals surface area contributed by atoms with E-state index >= 15 is 0 Å². The van der Waals surface area contributed by atoms with E-state index in [0.717, 1.165) is 9.35 Å². The third-order valence-corrected chi connectivity index (χ3v) is 6.43. The Bertz CT molecular complexity index is 1180. The number of nitrogens with zero attached hydrogens (tertiary/aromatic N) is 2. The van der Waals surface area contributed by atoms with Crippen LogP contribution in [-0.4, -0.2) is 15.3 Å². The molecule has 0 N–H and O–H groups in total. The fraction of sp³-hybridized carbons (Fsp3) is 0.0556. The minimum Gasteiger partial charge on any atom is -0.291 e. The minimum atomic E-state index is -0.337. The number of rotatable bonds is 4. The van der Waals surface area contributed by atoms with Crippen LogP contribution in [0.1, 0.15) is 9.67 Å². The number of halogens is 2. The van der Waals surface area contributed by atoms with Crippen molar-refractivity contribution in [3.05, 3.63) is 72.9 Å². The summed E-state index contributed by atoms with van der Waals surface area (Å²) in [6, 6.07) is 9.48. The summed E-state index contributed by atoms with van der Waals surface area (Å²) in [6.45, 7) is -0.0760. The van der Waals surface area contributed by atoms with Crippen molar-refractivity contribution in [2.75, 3.05) is 0 Å². The van der Waals surface area contributed by atoms with Crippen molar-refractivity contribution in [2.24, 2.45) is 0 Å². The zero-order chi connectivity index (χ0) is 18.3. The van der Waals surface area contributed by atoms with Gasteiger partial charge in [-0.15, -0.1) is 22.7 Å². The molecule has 0 spiro atoms. The lowest BCUT2D eigenvalue weighted by atomic mass is 10.1. The summed E-state index contributed by atoms with van der Waals surface area (Å²) >= 11 is 6.00. The normalized spacial score (nSPS) is 11.2. The van der Waals surface area contributed by atoms with Crippen LogP contribution in [0.2, 0.25) is 0 Å². The average Bonchev–Trinajstić information content (AvgIpc) is 3.25. The summed E-state index contributed by atoms with van der Waals surface area (Å²) in [5.74, 6) is -0.487. The quantitative estimate of drug-likeness (QED) is 0.414. The summed E-state index contributed by atoms with van der Waals surface area (Å²) in [6.07, 6.45) is 1.40. The molecule has 0 radical (unpaired) electrons. The first-order valence-corrected chi connectivity index (χ1v) is 10.0. The molecule has 130 valence electrons. The highest BCUT2D eigenvalue weighted by Crippen LogP contribution is 2.30. The van der Waals surface area contributed by atoms with Gasteiger partial charge in [0.2, 0.25) is 0 Å². The standard InChI is InChI=1S/C18H10BrFN2O2S2/c19-15-6-5-14(26-15)13(23)7-22-9-21-17-16(18(22)24)12(8-25-17)10-1-3-11(20)4-2-10/h1-6,8-9H,7H2. The Labute approximate surface area is 163 Å². The van der Waals surface area contributed by atoms with Gasteiger partial charge in [-0.05, 0) is 45.8 Å². The molecule has 0 fully saturated rings. The van der Waals surface area contributed by atoms with Gasteiger partial charge in [0, 0.05) is 10.9 Å². The van der Waals surface area contributed by atoms with Gasteiger partial charge in [-0.3, -0.25) is 14.2 Å². The lowest BCUT2D eigenvalue weighted by Crippen LogP contribution is -2.24. The second-order valence-corrected chi connectivity index (χ2v) is 8.86. The van der Waals surface area contributed by atoms with Crippen LogP contribution in [0.5, 0.6) is 0 Å². The van der Waals surface area contributed by atoms with E-state index in [4.69, 9.17) is 0 Å². The van der Waals surface area contributed by atoms with Gasteiger partial charge >= 0.3 is 0 Å². The van der Waals surface area contributed by atoms with Crippen molar-refractivity contribution in [3.63, 3.8) is 0 Å². The molecule has 4 rings (SSSR count). The lowest BCUT2D eigenvalue weighted by molar-refractivity contribution is 0.0974. The van der Waals surface area contributed by atoms with E-state index in [0.29, 0.717) is 20.7 Å². The SMILES string of the molecule is O=C(Cn1cnc2scc(-c3ccc(F)cc3)c2c1=O)c1ccc(Br)s1. The van der Waals surface area contributed by atoms with Crippen molar-refractivity contribution < 1.29 is 9.18 Å². The molecule has 4 nitrogen and oxygen atoms in total. The molecule has 0 saturated heterocycles. The molecule has 4 aromatic rings. The number of thiophene rings is 2. The molecule has 8 heteroatoms. The van der Waals surface area contributed by atoms with E-state index in [1.54, 1.807) is 24.3 Å². The molecule has 0 saturated carbocycles. The fourth-order valence-corrected chi connectivity index (χ4v) is 4.84. The van der Waals surface area contributed by atoms with E-state index in [-0.39, 0.29) is 23.7 Å². The fourth-order valence-electron chi connectivity index (χ4n) is 2.62. The highest BCUT2D eigenvalue weighted by molar-refractivity contribution is 9.11. The summed E-state index contributed by atoms with van der Waals surface area (Å²) < 4.78 is 15.4. The van der Waals surface area contributed by atoms with E-state index in [1.807, 2.05) is 5.38 Å². The molecule has 0 aliphatic rings. The second-order valence-electron chi connectivity index (χ2n) is 5.54. The van der Waals surface area contributed by atoms with Crippen molar-refractivity contribution >= 4 is 54.6 Å². The van der Waals surface area contributed by atoms with Crippen molar-refractivity contribution in [3.8, 4) is 11.1 Å². The number of carbonyl (C=O) groups is 1. The minimum absolute atomic E-state index is 0.0760. The van der Waals surface area contributed by atoms with Crippen LogP contribution in [0.3, 0.4) is 0 Å². The molecule has 0 aliphatic heterocycles. The number of hydrogen-bond acceptors (Lipinski definition) is 5. The third-order valence-electron chi connectivity index (χ3n) is 3.88. The van der Waals surface area contributed by atoms with Crippen molar-refractivity contribution in [1.82, 2.24) is 9.55 Å². The molecular formula is C18H10BrFN2O2S2. The molecule has 3 aromatic heterocycles. The van der Waals surface area contributed by atoms with Gasteiger partial charge in [0.25, 0.3) is 5.56 Å². The Morgan fingerprint density at radius 2 is 1.96 bits per heavy atom. The maximum atomic E-state index is 13.2. The van der Waals surface area contributed by atoms with Gasteiger partial charge < -0.3 is 0 Å². The van der Waals surface area contributed by atoms with Crippen LogP contribution in [0.25, 0.3) is 21.3 Å². The van der Waals surface area contributed by atoms with Gasteiger partial charge in [0.15, 0.2) is 5.78 Å². The second kappa shape index (κ2) is 6.86. The molecule has 0 bridgehead atoms. The first kappa shape index (κ1) is 17.3. The molecule has 26 heavy (non-hydrogen) atoms. The molecule has 0 unspecified atom stereocenters. The number of ketones is 1. The molecular weight excluding hydrogens is 439 g/mol. The Kier molecular flexibility index (Phi) is 4.56. The van der Waals surface area contributed by atoms with Crippen molar-refractivity contribution in [2.45, 2.75) is 6.54 Å². The topological polar surface area (TPSA) is 52.0 Å². The van der Waals surface area contributed by atoms with E-state index < -0.39 is 0 Å². The van der Waals surface area contributed by atoms with Crippen LogP contribution in [0.4, 0.5) is 4.39 Å². The van der Waals surface area contributed by atoms with Crippen LogP contribution < -0.4 is 5.56 Å². The Morgan fingerprint density at radius 1 is 1.19 bits per heavy atom. The zero-order valence-corrected chi connectivity index (χ0v) is 16.3.